The van der Waals surface area contributed by atoms with Gasteiger partial charge in [0.1, 0.15) is 24.4 Å². The van der Waals surface area contributed by atoms with Crippen LogP contribution in [0.4, 0.5) is 0 Å². The molecule has 4 heterocycles. The third-order valence-corrected chi connectivity index (χ3v) is 4.26. The molecule has 0 bridgehead atoms. The number of rotatable bonds is 3. The molecule has 0 aromatic carbocycles. The fourth-order valence-electron chi connectivity index (χ4n) is 2.31. The minimum absolute atomic E-state index is 0.186. The second kappa shape index (κ2) is 5.30. The van der Waals surface area contributed by atoms with Crippen molar-refractivity contribution < 1.29 is 14.3 Å². The Morgan fingerprint density at radius 1 is 1.36 bits per heavy atom. The summed E-state index contributed by atoms with van der Waals surface area (Å²) in [5.41, 5.74) is 1.60. The Labute approximate surface area is 129 Å². The van der Waals surface area contributed by atoms with E-state index in [9.17, 15) is 4.79 Å². The van der Waals surface area contributed by atoms with Crippen LogP contribution in [-0.4, -0.2) is 33.7 Å². The van der Waals surface area contributed by atoms with Crippen molar-refractivity contribution in [3.63, 3.8) is 0 Å². The summed E-state index contributed by atoms with van der Waals surface area (Å²) in [4.78, 5) is 17.0. The van der Waals surface area contributed by atoms with Gasteiger partial charge in [-0.2, -0.15) is 5.10 Å². The number of hydrogen-bond acceptors (Lipinski definition) is 6. The number of amides is 1. The maximum Gasteiger partial charge on any atom is 0.265 e. The van der Waals surface area contributed by atoms with Gasteiger partial charge >= 0.3 is 0 Å². The standard InChI is InChI=1S/C14H12N4O3S/c19-14(13-12-10(7-22-13)20-4-5-21-12)15-6-9-2-1-3-11-16-8-17-18(9)11/h1-3,7-8H,4-6H2,(H,15,19). The van der Waals surface area contributed by atoms with Gasteiger partial charge in [-0.3, -0.25) is 4.79 Å². The van der Waals surface area contributed by atoms with Gasteiger partial charge in [-0.1, -0.05) is 6.07 Å². The van der Waals surface area contributed by atoms with Gasteiger partial charge < -0.3 is 14.8 Å². The van der Waals surface area contributed by atoms with Crippen molar-refractivity contribution in [2.45, 2.75) is 6.54 Å². The van der Waals surface area contributed by atoms with Crippen LogP contribution in [0.2, 0.25) is 0 Å². The molecule has 0 aliphatic carbocycles. The topological polar surface area (TPSA) is 77.8 Å². The van der Waals surface area contributed by atoms with Crippen LogP contribution in [0.25, 0.3) is 5.65 Å². The highest BCUT2D eigenvalue weighted by atomic mass is 32.1. The highest BCUT2D eigenvalue weighted by molar-refractivity contribution is 7.12. The van der Waals surface area contributed by atoms with Crippen molar-refractivity contribution in [2.75, 3.05) is 13.2 Å². The monoisotopic (exact) mass is 316 g/mol. The van der Waals surface area contributed by atoms with E-state index in [1.54, 1.807) is 9.90 Å². The number of ether oxygens (including phenoxy) is 2. The molecule has 3 aromatic rings. The van der Waals surface area contributed by atoms with E-state index in [-0.39, 0.29) is 5.91 Å². The molecule has 4 rings (SSSR count). The summed E-state index contributed by atoms with van der Waals surface area (Å²) in [5, 5.41) is 8.82. The van der Waals surface area contributed by atoms with Crippen LogP contribution in [0.15, 0.2) is 29.9 Å². The van der Waals surface area contributed by atoms with Crippen molar-refractivity contribution in [1.29, 1.82) is 0 Å². The van der Waals surface area contributed by atoms with Gasteiger partial charge in [0.05, 0.1) is 12.2 Å². The van der Waals surface area contributed by atoms with Crippen molar-refractivity contribution in [1.82, 2.24) is 19.9 Å². The van der Waals surface area contributed by atoms with E-state index in [4.69, 9.17) is 9.47 Å². The van der Waals surface area contributed by atoms with Crippen molar-refractivity contribution in [3.8, 4) is 11.5 Å². The zero-order valence-corrected chi connectivity index (χ0v) is 12.3. The van der Waals surface area contributed by atoms with Crippen LogP contribution in [-0.2, 0) is 6.54 Å². The Balaban J connectivity index is 1.53. The Morgan fingerprint density at radius 3 is 3.23 bits per heavy atom. The van der Waals surface area contributed by atoms with E-state index in [0.717, 1.165) is 11.3 Å². The normalized spacial score (nSPS) is 13.3. The lowest BCUT2D eigenvalue weighted by molar-refractivity contribution is 0.0945. The second-order valence-corrected chi connectivity index (χ2v) is 5.56. The number of hydrogen-bond donors (Lipinski definition) is 1. The molecule has 22 heavy (non-hydrogen) atoms. The van der Waals surface area contributed by atoms with Gasteiger partial charge in [0.15, 0.2) is 17.1 Å². The van der Waals surface area contributed by atoms with Crippen molar-refractivity contribution in [3.05, 3.63) is 40.5 Å². The molecule has 8 heteroatoms. The number of carbonyl (C=O) groups is 1. The summed E-state index contributed by atoms with van der Waals surface area (Å²) >= 11 is 1.32. The predicted octanol–water partition coefficient (Wildman–Crippen LogP) is 1.49. The number of thiophene rings is 1. The zero-order valence-electron chi connectivity index (χ0n) is 11.5. The summed E-state index contributed by atoms with van der Waals surface area (Å²) in [6.45, 7) is 1.33. The van der Waals surface area contributed by atoms with Crippen LogP contribution < -0.4 is 14.8 Å². The minimum atomic E-state index is -0.186. The smallest absolute Gasteiger partial charge is 0.265 e. The molecule has 0 unspecified atom stereocenters. The highest BCUT2D eigenvalue weighted by Gasteiger charge is 2.23. The number of carbonyl (C=O) groups excluding carboxylic acids is 1. The highest BCUT2D eigenvalue weighted by Crippen LogP contribution is 2.39. The van der Waals surface area contributed by atoms with Crippen LogP contribution in [0.3, 0.4) is 0 Å². The molecule has 1 N–H and O–H groups in total. The molecule has 0 saturated carbocycles. The van der Waals surface area contributed by atoms with Gasteiger partial charge in [-0.05, 0) is 12.1 Å². The molecule has 1 aliphatic rings. The molecule has 0 spiro atoms. The lowest BCUT2D eigenvalue weighted by Gasteiger charge is -2.15. The molecular formula is C14H12N4O3S. The lowest BCUT2D eigenvalue weighted by Crippen LogP contribution is -2.24. The Bertz CT molecular complexity index is 842. The van der Waals surface area contributed by atoms with Gasteiger partial charge in [0.25, 0.3) is 5.91 Å². The van der Waals surface area contributed by atoms with Crippen LogP contribution in [0.5, 0.6) is 11.5 Å². The maximum absolute atomic E-state index is 12.3. The number of aromatic nitrogens is 3. The van der Waals surface area contributed by atoms with E-state index >= 15 is 0 Å². The second-order valence-electron chi connectivity index (χ2n) is 4.68. The van der Waals surface area contributed by atoms with E-state index in [1.165, 1.54) is 17.7 Å². The third kappa shape index (κ3) is 2.17. The molecule has 1 amide bonds. The number of fused-ring (bicyclic) bond motifs is 2. The summed E-state index contributed by atoms with van der Waals surface area (Å²) in [6, 6.07) is 5.64. The summed E-state index contributed by atoms with van der Waals surface area (Å²) in [5.74, 6) is 0.987. The molecule has 0 fully saturated rings. The van der Waals surface area contributed by atoms with Crippen LogP contribution in [0.1, 0.15) is 15.4 Å². The van der Waals surface area contributed by atoms with Crippen LogP contribution >= 0.6 is 11.3 Å². The third-order valence-electron chi connectivity index (χ3n) is 3.32. The van der Waals surface area contributed by atoms with Crippen LogP contribution in [0, 0.1) is 0 Å². The first-order valence-corrected chi connectivity index (χ1v) is 7.64. The van der Waals surface area contributed by atoms with Crippen molar-refractivity contribution in [2.24, 2.45) is 0 Å². The maximum atomic E-state index is 12.3. The average molecular weight is 316 g/mol. The van der Waals surface area contributed by atoms with E-state index in [0.29, 0.717) is 36.1 Å². The Morgan fingerprint density at radius 2 is 2.27 bits per heavy atom. The molecule has 112 valence electrons. The van der Waals surface area contributed by atoms with Crippen molar-refractivity contribution >= 4 is 22.9 Å². The number of nitrogens with zero attached hydrogens (tertiary/aromatic N) is 3. The number of nitrogens with one attached hydrogen (secondary N) is 1. The molecule has 1 aliphatic heterocycles. The summed E-state index contributed by atoms with van der Waals surface area (Å²) in [6.07, 6.45) is 1.49. The molecular weight excluding hydrogens is 304 g/mol. The quantitative estimate of drug-likeness (QED) is 0.792. The van der Waals surface area contributed by atoms with Gasteiger partial charge in [-0.25, -0.2) is 9.50 Å². The SMILES string of the molecule is O=C(NCc1cccc2ncnn12)c1scc2c1OCCO2. The summed E-state index contributed by atoms with van der Waals surface area (Å²) in [7, 11) is 0. The lowest BCUT2D eigenvalue weighted by atomic mass is 10.3. The predicted molar refractivity (Wildman–Crippen MR) is 79.5 cm³/mol. The first-order valence-electron chi connectivity index (χ1n) is 6.76. The Hall–Kier alpha value is -2.61. The first kappa shape index (κ1) is 13.1. The average Bonchev–Trinajstić information content (AvgIpc) is 3.19. The van der Waals surface area contributed by atoms with E-state index in [1.807, 2.05) is 18.2 Å². The van der Waals surface area contributed by atoms with E-state index in [2.05, 4.69) is 15.4 Å². The molecule has 7 nitrogen and oxygen atoms in total. The molecule has 0 radical (unpaired) electrons. The first-order chi connectivity index (χ1) is 10.8. The summed E-state index contributed by atoms with van der Waals surface area (Å²) < 4.78 is 12.7. The largest absolute Gasteiger partial charge is 0.485 e. The molecule has 0 saturated heterocycles. The van der Waals surface area contributed by atoms with Gasteiger partial charge in [-0.15, -0.1) is 11.3 Å². The molecule has 0 atom stereocenters. The number of pyridine rings is 1. The fourth-order valence-corrected chi connectivity index (χ4v) is 3.15. The minimum Gasteiger partial charge on any atom is -0.485 e. The van der Waals surface area contributed by atoms with E-state index < -0.39 is 0 Å². The fraction of sp³-hybridized carbons (Fsp3) is 0.214. The van der Waals surface area contributed by atoms with Gasteiger partial charge in [0, 0.05) is 5.38 Å². The molecule has 3 aromatic heterocycles. The zero-order chi connectivity index (χ0) is 14.9. The van der Waals surface area contributed by atoms with Gasteiger partial charge in [0.2, 0.25) is 0 Å². The Kier molecular flexibility index (Phi) is 3.15.